The van der Waals surface area contributed by atoms with Crippen LogP contribution in [0, 0.1) is 6.92 Å². The fourth-order valence-corrected chi connectivity index (χ4v) is 1.25. The van der Waals surface area contributed by atoms with Gasteiger partial charge in [0, 0.05) is 11.8 Å². The highest BCUT2D eigenvalue weighted by atomic mass is 16.3. The van der Waals surface area contributed by atoms with Crippen LogP contribution in [0.3, 0.4) is 0 Å². The normalized spacial score (nSPS) is 10.3. The lowest BCUT2D eigenvalue weighted by molar-refractivity contribution is 0.277. The van der Waals surface area contributed by atoms with E-state index in [0.29, 0.717) is 11.5 Å². The third kappa shape index (κ3) is 2.32. The molecule has 2 heterocycles. The molecule has 5 heteroatoms. The van der Waals surface area contributed by atoms with Gasteiger partial charge in [-0.05, 0) is 19.1 Å². The van der Waals surface area contributed by atoms with Gasteiger partial charge in [-0.1, -0.05) is 6.07 Å². The highest BCUT2D eigenvalue weighted by molar-refractivity contribution is 5.51. The summed E-state index contributed by atoms with van der Waals surface area (Å²) >= 11 is 0. The molecule has 0 bridgehead atoms. The Labute approximate surface area is 87.2 Å². The minimum absolute atomic E-state index is 0.0604. The molecule has 3 N–H and O–H groups in total. The fraction of sp³-hybridized carbons (Fsp3) is 0.200. The Morgan fingerprint density at radius 3 is 2.93 bits per heavy atom. The fourth-order valence-electron chi connectivity index (χ4n) is 1.25. The average Bonchev–Trinajstić information content (AvgIpc) is 2.64. The van der Waals surface area contributed by atoms with Gasteiger partial charge < -0.3 is 10.4 Å². The van der Waals surface area contributed by atoms with Crippen LogP contribution in [0.15, 0.2) is 24.3 Å². The first-order chi connectivity index (χ1) is 7.28. The van der Waals surface area contributed by atoms with Crippen LogP contribution in [-0.2, 0) is 6.61 Å². The number of anilines is 2. The smallest absolute Gasteiger partial charge is 0.153 e. The topological polar surface area (TPSA) is 73.8 Å². The van der Waals surface area contributed by atoms with Crippen molar-refractivity contribution < 1.29 is 5.11 Å². The standard InChI is InChI=1S/C10H12N4O/c1-7-5-10(14-13-7)12-9-4-2-3-8(6-15)11-9/h2-5,15H,6H2,1H3,(H2,11,12,13,14). The number of aromatic amines is 1. The van der Waals surface area contributed by atoms with Crippen LogP contribution >= 0.6 is 0 Å². The van der Waals surface area contributed by atoms with Crippen LogP contribution < -0.4 is 5.32 Å². The molecule has 0 atom stereocenters. The molecule has 0 spiro atoms. The monoisotopic (exact) mass is 204 g/mol. The van der Waals surface area contributed by atoms with Gasteiger partial charge in [0.1, 0.15) is 5.82 Å². The second-order valence-electron chi connectivity index (χ2n) is 3.23. The Morgan fingerprint density at radius 1 is 1.40 bits per heavy atom. The minimum atomic E-state index is -0.0604. The number of rotatable bonds is 3. The van der Waals surface area contributed by atoms with Crippen LogP contribution in [-0.4, -0.2) is 20.3 Å². The molecule has 0 aliphatic heterocycles. The molecular weight excluding hydrogens is 192 g/mol. The molecule has 2 aromatic heterocycles. The van der Waals surface area contributed by atoms with Gasteiger partial charge in [0.2, 0.25) is 0 Å². The quantitative estimate of drug-likeness (QED) is 0.705. The molecule has 0 amide bonds. The lowest BCUT2D eigenvalue weighted by Gasteiger charge is -2.02. The van der Waals surface area contributed by atoms with Crippen LogP contribution in [0.5, 0.6) is 0 Å². The van der Waals surface area contributed by atoms with Gasteiger partial charge in [0.05, 0.1) is 12.3 Å². The van der Waals surface area contributed by atoms with Gasteiger partial charge >= 0.3 is 0 Å². The van der Waals surface area contributed by atoms with Crippen LogP contribution in [0.4, 0.5) is 11.6 Å². The molecule has 15 heavy (non-hydrogen) atoms. The second-order valence-corrected chi connectivity index (χ2v) is 3.23. The molecule has 0 saturated heterocycles. The zero-order valence-electron chi connectivity index (χ0n) is 8.36. The van der Waals surface area contributed by atoms with E-state index in [2.05, 4.69) is 20.5 Å². The Bertz CT molecular complexity index is 452. The predicted octanol–water partition coefficient (Wildman–Crippen LogP) is 1.35. The highest BCUT2D eigenvalue weighted by Crippen LogP contribution is 2.12. The van der Waals surface area contributed by atoms with E-state index in [4.69, 9.17) is 5.11 Å². The minimum Gasteiger partial charge on any atom is -0.390 e. The van der Waals surface area contributed by atoms with Gasteiger partial charge in [-0.2, -0.15) is 5.10 Å². The van der Waals surface area contributed by atoms with E-state index >= 15 is 0 Å². The number of pyridine rings is 1. The molecule has 0 aliphatic rings. The molecule has 0 aliphatic carbocycles. The van der Waals surface area contributed by atoms with Crippen molar-refractivity contribution in [2.24, 2.45) is 0 Å². The summed E-state index contributed by atoms with van der Waals surface area (Å²) in [4.78, 5) is 4.18. The molecule has 0 aromatic carbocycles. The van der Waals surface area contributed by atoms with E-state index in [1.54, 1.807) is 6.07 Å². The number of aryl methyl sites for hydroxylation is 1. The first-order valence-electron chi connectivity index (χ1n) is 4.64. The molecule has 0 saturated carbocycles. The average molecular weight is 204 g/mol. The molecular formula is C10H12N4O. The number of aliphatic hydroxyl groups is 1. The van der Waals surface area contributed by atoms with E-state index in [-0.39, 0.29) is 6.61 Å². The maximum atomic E-state index is 8.92. The zero-order valence-corrected chi connectivity index (χ0v) is 8.36. The van der Waals surface area contributed by atoms with Crippen LogP contribution in [0.25, 0.3) is 0 Å². The van der Waals surface area contributed by atoms with Crippen molar-refractivity contribution in [2.75, 3.05) is 5.32 Å². The van der Waals surface area contributed by atoms with E-state index in [1.807, 2.05) is 25.1 Å². The number of aliphatic hydroxyl groups excluding tert-OH is 1. The number of hydrogen-bond donors (Lipinski definition) is 3. The summed E-state index contributed by atoms with van der Waals surface area (Å²) in [5.41, 5.74) is 1.61. The number of nitrogens with one attached hydrogen (secondary N) is 2. The maximum absolute atomic E-state index is 8.92. The maximum Gasteiger partial charge on any atom is 0.153 e. The highest BCUT2D eigenvalue weighted by Gasteiger charge is 2.00. The van der Waals surface area contributed by atoms with E-state index < -0.39 is 0 Å². The molecule has 78 valence electrons. The van der Waals surface area contributed by atoms with E-state index in [0.717, 1.165) is 11.5 Å². The van der Waals surface area contributed by atoms with E-state index in [1.165, 1.54) is 0 Å². The summed E-state index contributed by atoms with van der Waals surface area (Å²) in [5, 5.41) is 18.8. The number of nitrogens with zero attached hydrogens (tertiary/aromatic N) is 2. The zero-order chi connectivity index (χ0) is 10.7. The SMILES string of the molecule is Cc1cc(Nc2cccc(CO)n2)n[nH]1. The summed E-state index contributed by atoms with van der Waals surface area (Å²) in [6.07, 6.45) is 0. The summed E-state index contributed by atoms with van der Waals surface area (Å²) < 4.78 is 0. The molecule has 0 unspecified atom stereocenters. The summed E-state index contributed by atoms with van der Waals surface area (Å²) in [6.45, 7) is 1.87. The van der Waals surface area contributed by atoms with Crippen LogP contribution in [0.1, 0.15) is 11.4 Å². The van der Waals surface area contributed by atoms with Crippen LogP contribution in [0.2, 0.25) is 0 Å². The largest absolute Gasteiger partial charge is 0.390 e. The summed E-state index contributed by atoms with van der Waals surface area (Å²) in [6, 6.07) is 7.30. The van der Waals surface area contributed by atoms with Gasteiger partial charge in [0.25, 0.3) is 0 Å². The van der Waals surface area contributed by atoms with Crippen molar-refractivity contribution in [3.05, 3.63) is 35.7 Å². The van der Waals surface area contributed by atoms with Crippen molar-refractivity contribution in [3.63, 3.8) is 0 Å². The summed E-state index contributed by atoms with van der Waals surface area (Å²) in [7, 11) is 0. The molecule has 2 rings (SSSR count). The van der Waals surface area contributed by atoms with Gasteiger partial charge in [0.15, 0.2) is 5.82 Å². The van der Waals surface area contributed by atoms with Crippen molar-refractivity contribution in [2.45, 2.75) is 13.5 Å². The number of aromatic nitrogens is 3. The lowest BCUT2D eigenvalue weighted by Crippen LogP contribution is -1.96. The van der Waals surface area contributed by atoms with Gasteiger partial charge in [-0.3, -0.25) is 5.10 Å². The van der Waals surface area contributed by atoms with Crippen molar-refractivity contribution in [1.82, 2.24) is 15.2 Å². The van der Waals surface area contributed by atoms with E-state index in [9.17, 15) is 0 Å². The molecule has 0 radical (unpaired) electrons. The first-order valence-corrected chi connectivity index (χ1v) is 4.64. The Balaban J connectivity index is 2.16. The summed E-state index contributed by atoms with van der Waals surface area (Å²) in [5.74, 6) is 1.39. The Hall–Kier alpha value is -1.88. The first kappa shape index (κ1) is 9.67. The molecule has 0 fully saturated rings. The third-order valence-corrected chi connectivity index (χ3v) is 1.93. The van der Waals surface area contributed by atoms with Gasteiger partial charge in [-0.25, -0.2) is 4.98 Å². The lowest BCUT2D eigenvalue weighted by atomic mass is 10.3. The van der Waals surface area contributed by atoms with Gasteiger partial charge in [-0.15, -0.1) is 0 Å². The number of H-pyrrole nitrogens is 1. The Morgan fingerprint density at radius 2 is 2.27 bits per heavy atom. The number of hydrogen-bond acceptors (Lipinski definition) is 4. The molecule has 5 nitrogen and oxygen atoms in total. The molecule has 2 aromatic rings. The van der Waals surface area contributed by atoms with Crippen molar-refractivity contribution >= 4 is 11.6 Å². The third-order valence-electron chi connectivity index (χ3n) is 1.93. The van der Waals surface area contributed by atoms with Crippen molar-refractivity contribution in [1.29, 1.82) is 0 Å². The second kappa shape index (κ2) is 4.10. The Kier molecular flexibility index (Phi) is 2.64. The predicted molar refractivity (Wildman–Crippen MR) is 56.8 cm³/mol. The van der Waals surface area contributed by atoms with Crippen molar-refractivity contribution in [3.8, 4) is 0 Å².